The van der Waals surface area contributed by atoms with Gasteiger partial charge >= 0.3 is 0 Å². The zero-order valence-corrected chi connectivity index (χ0v) is 23.0. The zero-order valence-electron chi connectivity index (χ0n) is 22.2. The number of amides is 1. The molecule has 1 unspecified atom stereocenters. The smallest absolute Gasteiger partial charge is 0.295 e. The van der Waals surface area contributed by atoms with Crippen molar-refractivity contribution in [3.8, 4) is 11.5 Å². The number of aliphatic hydroxyl groups is 1. The minimum Gasteiger partial charge on any atom is -0.507 e. The van der Waals surface area contributed by atoms with Crippen LogP contribution in [0.1, 0.15) is 49.1 Å². The van der Waals surface area contributed by atoms with Gasteiger partial charge < -0.3 is 19.5 Å². The van der Waals surface area contributed by atoms with Crippen LogP contribution in [0.5, 0.6) is 11.5 Å². The van der Waals surface area contributed by atoms with E-state index in [1.54, 1.807) is 25.3 Å². The van der Waals surface area contributed by atoms with Gasteiger partial charge in [0.15, 0.2) is 0 Å². The molecule has 7 heteroatoms. The largest absolute Gasteiger partial charge is 0.507 e. The van der Waals surface area contributed by atoms with Crippen molar-refractivity contribution in [2.75, 3.05) is 20.8 Å². The molecule has 1 aliphatic heterocycles. The number of rotatable bonds is 7. The summed E-state index contributed by atoms with van der Waals surface area (Å²) in [6, 6.07) is 19.4. The summed E-state index contributed by atoms with van der Waals surface area (Å²) < 4.78 is 10.5. The van der Waals surface area contributed by atoms with Gasteiger partial charge in [0, 0.05) is 12.1 Å². The zero-order chi connectivity index (χ0) is 27.6. The summed E-state index contributed by atoms with van der Waals surface area (Å²) in [6.07, 6.45) is 0.521. The molecular formula is C31H32ClNO5. The van der Waals surface area contributed by atoms with E-state index >= 15 is 0 Å². The number of likely N-dealkylation sites (tertiary alicyclic amines) is 1. The van der Waals surface area contributed by atoms with E-state index in [9.17, 15) is 14.7 Å². The van der Waals surface area contributed by atoms with E-state index < -0.39 is 17.7 Å². The molecule has 0 spiro atoms. The average molecular weight is 534 g/mol. The van der Waals surface area contributed by atoms with E-state index in [4.69, 9.17) is 21.1 Å². The minimum atomic E-state index is -0.774. The van der Waals surface area contributed by atoms with Crippen molar-refractivity contribution in [3.63, 3.8) is 0 Å². The minimum absolute atomic E-state index is 0.00314. The van der Waals surface area contributed by atoms with Crippen LogP contribution in [0.15, 0.2) is 72.3 Å². The van der Waals surface area contributed by atoms with Crippen LogP contribution in [0, 0.1) is 0 Å². The van der Waals surface area contributed by atoms with E-state index in [0.717, 1.165) is 22.4 Å². The Hall–Kier alpha value is -3.77. The summed E-state index contributed by atoms with van der Waals surface area (Å²) in [5.41, 5.74) is 3.01. The topological polar surface area (TPSA) is 76.1 Å². The second-order valence-electron chi connectivity index (χ2n) is 10.3. The van der Waals surface area contributed by atoms with E-state index in [1.807, 2.05) is 48.5 Å². The molecule has 3 aromatic carbocycles. The molecular weight excluding hydrogens is 502 g/mol. The number of ether oxygens (including phenoxy) is 2. The van der Waals surface area contributed by atoms with E-state index in [2.05, 4.69) is 20.8 Å². The third kappa shape index (κ3) is 5.41. The molecule has 38 heavy (non-hydrogen) atoms. The molecule has 1 atom stereocenters. The maximum Gasteiger partial charge on any atom is 0.295 e. The predicted molar refractivity (Wildman–Crippen MR) is 149 cm³/mol. The van der Waals surface area contributed by atoms with Crippen molar-refractivity contribution in [2.24, 2.45) is 0 Å². The summed E-state index contributed by atoms with van der Waals surface area (Å²) in [7, 11) is 3.11. The average Bonchev–Trinajstić information content (AvgIpc) is 3.16. The van der Waals surface area contributed by atoms with Gasteiger partial charge in [-0.2, -0.15) is 0 Å². The fraction of sp³-hybridized carbons (Fsp3) is 0.290. The Morgan fingerprint density at radius 3 is 2.11 bits per heavy atom. The molecule has 0 saturated carbocycles. The van der Waals surface area contributed by atoms with E-state index in [-0.39, 0.29) is 33.9 Å². The van der Waals surface area contributed by atoms with Crippen molar-refractivity contribution in [2.45, 2.75) is 38.6 Å². The molecule has 1 fully saturated rings. The lowest BCUT2D eigenvalue weighted by atomic mass is 9.85. The summed E-state index contributed by atoms with van der Waals surface area (Å²) in [5.74, 6) is -0.534. The fourth-order valence-electron chi connectivity index (χ4n) is 4.62. The molecule has 4 rings (SSSR count). The van der Waals surface area contributed by atoms with Gasteiger partial charge in [-0.15, -0.1) is 0 Å². The van der Waals surface area contributed by atoms with E-state index in [0.29, 0.717) is 12.2 Å². The highest BCUT2D eigenvalue weighted by atomic mass is 35.5. The van der Waals surface area contributed by atoms with Gasteiger partial charge in [-0.1, -0.05) is 68.8 Å². The van der Waals surface area contributed by atoms with Crippen molar-refractivity contribution in [1.29, 1.82) is 0 Å². The van der Waals surface area contributed by atoms with Gasteiger partial charge in [0.1, 0.15) is 17.3 Å². The Morgan fingerprint density at radius 2 is 1.53 bits per heavy atom. The standard InChI is InChI=1S/C31H32ClNO5/c1-31(2,3)21-10-8-20(9-11-21)27-26(28(34)24-18-23(38-5)14-15-25(24)32)29(35)30(36)33(27)17-16-19-6-12-22(37-4)13-7-19/h6-15,18,27,34H,16-17H2,1-5H3/b28-26+. The number of Topliss-reactive ketones (excluding diaryl/α,β-unsaturated/α-hetero) is 1. The number of aliphatic hydroxyl groups excluding tert-OH is 1. The van der Waals surface area contributed by atoms with Crippen LogP contribution in [0.4, 0.5) is 0 Å². The quantitative estimate of drug-likeness (QED) is 0.218. The van der Waals surface area contributed by atoms with Gasteiger partial charge in [0.05, 0.1) is 30.9 Å². The molecule has 6 nitrogen and oxygen atoms in total. The molecule has 3 aromatic rings. The maximum absolute atomic E-state index is 13.4. The SMILES string of the molecule is COc1ccc(CCN2C(=O)C(=O)/C(=C(/O)c3cc(OC)ccc3Cl)C2c2ccc(C(C)(C)C)cc2)cc1. The number of carbonyl (C=O) groups is 2. The van der Waals surface area contributed by atoms with Crippen LogP contribution in [-0.2, 0) is 21.4 Å². The van der Waals surface area contributed by atoms with Crippen LogP contribution in [0.2, 0.25) is 5.02 Å². The first-order chi connectivity index (χ1) is 18.0. The number of methoxy groups -OCH3 is 2. The third-order valence-electron chi connectivity index (χ3n) is 6.86. The molecule has 1 heterocycles. The van der Waals surface area contributed by atoms with Crippen LogP contribution in [-0.4, -0.2) is 42.5 Å². The van der Waals surface area contributed by atoms with Gasteiger partial charge in [0.25, 0.3) is 11.7 Å². The molecule has 1 saturated heterocycles. The van der Waals surface area contributed by atoms with Gasteiger partial charge in [-0.3, -0.25) is 9.59 Å². The molecule has 1 aliphatic rings. The number of hydrogen-bond donors (Lipinski definition) is 1. The van der Waals surface area contributed by atoms with E-state index in [1.165, 1.54) is 12.0 Å². The molecule has 0 aromatic heterocycles. The lowest BCUT2D eigenvalue weighted by Crippen LogP contribution is -2.31. The van der Waals surface area contributed by atoms with Crippen molar-refractivity contribution >= 4 is 29.1 Å². The number of benzene rings is 3. The number of carbonyl (C=O) groups excluding carboxylic acids is 2. The number of hydrogen-bond acceptors (Lipinski definition) is 5. The summed E-state index contributed by atoms with van der Waals surface area (Å²) >= 11 is 6.41. The first-order valence-electron chi connectivity index (χ1n) is 12.4. The lowest BCUT2D eigenvalue weighted by Gasteiger charge is -2.26. The third-order valence-corrected chi connectivity index (χ3v) is 7.19. The van der Waals surface area contributed by atoms with Crippen LogP contribution < -0.4 is 9.47 Å². The molecule has 1 N–H and O–H groups in total. The van der Waals surface area contributed by atoms with Gasteiger partial charge in [-0.05, 0) is 58.9 Å². The van der Waals surface area contributed by atoms with Crippen molar-refractivity contribution < 1.29 is 24.2 Å². The first kappa shape index (κ1) is 27.3. The Bertz CT molecular complexity index is 1370. The molecule has 198 valence electrons. The fourth-order valence-corrected chi connectivity index (χ4v) is 4.83. The number of halogens is 1. The highest BCUT2D eigenvalue weighted by Gasteiger charge is 2.46. The first-order valence-corrected chi connectivity index (χ1v) is 12.8. The second kappa shape index (κ2) is 10.9. The maximum atomic E-state index is 13.4. The summed E-state index contributed by atoms with van der Waals surface area (Å²) in [4.78, 5) is 28.3. The monoisotopic (exact) mass is 533 g/mol. The van der Waals surface area contributed by atoms with Crippen LogP contribution in [0.3, 0.4) is 0 Å². The molecule has 0 radical (unpaired) electrons. The Balaban J connectivity index is 1.80. The van der Waals surface area contributed by atoms with Crippen LogP contribution in [0.25, 0.3) is 5.76 Å². The lowest BCUT2D eigenvalue weighted by molar-refractivity contribution is -0.139. The summed E-state index contributed by atoms with van der Waals surface area (Å²) in [6.45, 7) is 6.64. The Labute approximate surface area is 228 Å². The van der Waals surface area contributed by atoms with Crippen molar-refractivity contribution in [1.82, 2.24) is 4.90 Å². The second-order valence-corrected chi connectivity index (χ2v) is 10.7. The number of ketones is 1. The van der Waals surface area contributed by atoms with Crippen LogP contribution >= 0.6 is 11.6 Å². The van der Waals surface area contributed by atoms with Crippen molar-refractivity contribution in [3.05, 3.63) is 99.6 Å². The van der Waals surface area contributed by atoms with Gasteiger partial charge in [0.2, 0.25) is 0 Å². The normalized spacial score (nSPS) is 17.1. The molecule has 0 aliphatic carbocycles. The Kier molecular flexibility index (Phi) is 7.83. The van der Waals surface area contributed by atoms with Gasteiger partial charge in [-0.25, -0.2) is 0 Å². The highest BCUT2D eigenvalue weighted by Crippen LogP contribution is 2.41. The highest BCUT2D eigenvalue weighted by molar-refractivity contribution is 6.47. The predicted octanol–water partition coefficient (Wildman–Crippen LogP) is 6.32. The Morgan fingerprint density at radius 1 is 0.921 bits per heavy atom. The summed E-state index contributed by atoms with van der Waals surface area (Å²) in [5, 5.41) is 11.7. The molecule has 1 amide bonds. The number of nitrogens with zero attached hydrogens (tertiary/aromatic N) is 1. The molecule has 0 bridgehead atoms.